The fourth-order valence-electron chi connectivity index (χ4n) is 0.965. The van der Waals surface area contributed by atoms with Gasteiger partial charge in [0.1, 0.15) is 0 Å². The van der Waals surface area contributed by atoms with E-state index in [-0.39, 0.29) is 17.8 Å². The minimum Gasteiger partial charge on any atom is -0.465 e. The predicted octanol–water partition coefficient (Wildman–Crippen LogP) is 0.270. The van der Waals surface area contributed by atoms with Crippen molar-refractivity contribution in [1.82, 2.24) is 20.2 Å². The van der Waals surface area contributed by atoms with Crippen LogP contribution in [-0.2, 0) is 21.3 Å². The van der Waals surface area contributed by atoms with E-state index in [4.69, 9.17) is 9.47 Å². The third-order valence-corrected chi connectivity index (χ3v) is 3.07. The van der Waals surface area contributed by atoms with Crippen molar-refractivity contribution in [3.8, 4) is 0 Å². The molecule has 0 saturated carbocycles. The van der Waals surface area contributed by atoms with E-state index >= 15 is 0 Å². The van der Waals surface area contributed by atoms with Crippen molar-refractivity contribution in [3.05, 3.63) is 0 Å². The van der Waals surface area contributed by atoms with Crippen LogP contribution in [0.4, 0.5) is 0 Å². The number of rotatable bonds is 7. The summed E-state index contributed by atoms with van der Waals surface area (Å²) in [6, 6.07) is 0. The van der Waals surface area contributed by atoms with Gasteiger partial charge in [0.2, 0.25) is 5.16 Å². The quantitative estimate of drug-likeness (QED) is 0.514. The maximum Gasteiger partial charge on any atom is 0.316 e. The van der Waals surface area contributed by atoms with Crippen LogP contribution in [0.3, 0.4) is 0 Å². The summed E-state index contributed by atoms with van der Waals surface area (Å²) in [5, 5.41) is 11.5. The van der Waals surface area contributed by atoms with Gasteiger partial charge in [-0.15, -0.1) is 5.10 Å². The van der Waals surface area contributed by atoms with Gasteiger partial charge in [0.25, 0.3) is 0 Å². The van der Waals surface area contributed by atoms with Crippen LogP contribution in [0.2, 0.25) is 0 Å². The highest BCUT2D eigenvalue weighted by atomic mass is 32.2. The van der Waals surface area contributed by atoms with Crippen LogP contribution in [0.5, 0.6) is 0 Å². The Hall–Kier alpha value is -1.15. The smallest absolute Gasteiger partial charge is 0.316 e. The number of hydrogen-bond donors (Lipinski definition) is 0. The summed E-state index contributed by atoms with van der Waals surface area (Å²) in [4.78, 5) is 11.4. The average Bonchev–Trinajstić information content (AvgIpc) is 2.72. The first kappa shape index (κ1) is 13.9. The first-order valence-electron chi connectivity index (χ1n) is 5.17. The summed E-state index contributed by atoms with van der Waals surface area (Å²) in [6.07, 6.45) is 0.789. The number of esters is 1. The van der Waals surface area contributed by atoms with Crippen LogP contribution < -0.4 is 0 Å². The summed E-state index contributed by atoms with van der Waals surface area (Å²) < 4.78 is 11.6. The zero-order chi connectivity index (χ0) is 12.7. The molecule has 0 aliphatic carbocycles. The van der Waals surface area contributed by atoms with Crippen LogP contribution in [0.1, 0.15) is 13.3 Å². The molecule has 1 rings (SSSR count). The molecule has 1 atom stereocenters. The Morgan fingerprint density at radius 3 is 2.94 bits per heavy atom. The van der Waals surface area contributed by atoms with Crippen molar-refractivity contribution < 1.29 is 14.3 Å². The number of aromatic nitrogens is 4. The van der Waals surface area contributed by atoms with Gasteiger partial charge in [0.05, 0.1) is 18.5 Å². The molecule has 0 spiro atoms. The topological polar surface area (TPSA) is 79.1 Å². The van der Waals surface area contributed by atoms with Gasteiger partial charge in [-0.25, -0.2) is 4.68 Å². The van der Waals surface area contributed by atoms with Gasteiger partial charge < -0.3 is 9.47 Å². The van der Waals surface area contributed by atoms with Crippen molar-refractivity contribution in [3.63, 3.8) is 0 Å². The van der Waals surface area contributed by atoms with Gasteiger partial charge in [-0.05, 0) is 17.4 Å². The summed E-state index contributed by atoms with van der Waals surface area (Å²) >= 11 is 1.25. The van der Waals surface area contributed by atoms with Gasteiger partial charge in [0.15, 0.2) is 0 Å². The van der Waals surface area contributed by atoms with Crippen LogP contribution in [0, 0.1) is 0 Å². The van der Waals surface area contributed by atoms with E-state index in [0.717, 1.165) is 0 Å². The molecule has 1 heterocycles. The highest BCUT2D eigenvalue weighted by Crippen LogP contribution is 2.12. The number of aryl methyl sites for hydroxylation is 1. The number of tetrazole rings is 1. The molecule has 0 N–H and O–H groups in total. The lowest BCUT2D eigenvalue weighted by Crippen LogP contribution is -2.14. The number of hydrogen-bond acceptors (Lipinski definition) is 7. The molecule has 0 fully saturated rings. The number of ether oxygens (including phenoxy) is 2. The monoisotopic (exact) mass is 260 g/mol. The van der Waals surface area contributed by atoms with Gasteiger partial charge >= 0.3 is 5.97 Å². The Morgan fingerprint density at radius 2 is 2.35 bits per heavy atom. The van der Waals surface area contributed by atoms with Crippen LogP contribution in [0.25, 0.3) is 0 Å². The van der Waals surface area contributed by atoms with E-state index in [9.17, 15) is 4.79 Å². The van der Waals surface area contributed by atoms with E-state index in [1.807, 2.05) is 6.92 Å². The number of carbonyl (C=O) groups excluding carboxylic acids is 1. The number of nitrogens with zero attached hydrogens (tertiary/aromatic N) is 4. The van der Waals surface area contributed by atoms with Crippen molar-refractivity contribution in [2.75, 3.05) is 19.5 Å². The van der Waals surface area contributed by atoms with Crippen LogP contribution >= 0.6 is 11.8 Å². The highest BCUT2D eigenvalue weighted by Gasteiger charge is 2.09. The minimum absolute atomic E-state index is 0.0957. The molecule has 0 amide bonds. The summed E-state index contributed by atoms with van der Waals surface area (Å²) in [7, 11) is 3.34. The third-order valence-electron chi connectivity index (χ3n) is 2.09. The summed E-state index contributed by atoms with van der Waals surface area (Å²) in [5.41, 5.74) is 0. The molecule has 8 heteroatoms. The molecule has 1 aromatic heterocycles. The first-order valence-corrected chi connectivity index (χ1v) is 6.15. The predicted molar refractivity (Wildman–Crippen MR) is 61.6 cm³/mol. The number of thioether (sulfide) groups is 1. The van der Waals surface area contributed by atoms with Crippen molar-refractivity contribution in [2.24, 2.45) is 7.05 Å². The van der Waals surface area contributed by atoms with Gasteiger partial charge in [-0.3, -0.25) is 4.79 Å². The largest absolute Gasteiger partial charge is 0.465 e. The SMILES string of the molecule is CO[C@@H](C)CCOC(=O)CSc1nnnn1C. The average molecular weight is 260 g/mol. The van der Waals surface area contributed by atoms with Crippen LogP contribution in [-0.4, -0.2) is 51.8 Å². The van der Waals surface area contributed by atoms with E-state index < -0.39 is 0 Å². The molecule has 0 unspecified atom stereocenters. The van der Waals surface area contributed by atoms with Crippen molar-refractivity contribution in [1.29, 1.82) is 0 Å². The fourth-order valence-corrected chi connectivity index (χ4v) is 1.61. The molecule has 0 aliphatic heterocycles. The number of carbonyl (C=O) groups is 1. The van der Waals surface area contributed by atoms with Crippen molar-refractivity contribution in [2.45, 2.75) is 24.6 Å². The first-order chi connectivity index (χ1) is 8.13. The molecule has 0 saturated heterocycles. The lowest BCUT2D eigenvalue weighted by Gasteiger charge is -2.09. The maximum absolute atomic E-state index is 11.4. The Kier molecular flexibility index (Phi) is 5.92. The lowest BCUT2D eigenvalue weighted by molar-refractivity contribution is -0.141. The fraction of sp³-hybridized carbons (Fsp3) is 0.778. The van der Waals surface area contributed by atoms with E-state index in [1.165, 1.54) is 16.4 Å². The summed E-state index contributed by atoms with van der Waals surface area (Å²) in [5.74, 6) is -0.0726. The van der Waals surface area contributed by atoms with E-state index in [1.54, 1.807) is 14.2 Å². The second-order valence-corrected chi connectivity index (χ2v) is 4.37. The molecular formula is C9H16N4O3S. The zero-order valence-corrected chi connectivity index (χ0v) is 10.9. The van der Waals surface area contributed by atoms with Crippen molar-refractivity contribution >= 4 is 17.7 Å². The van der Waals surface area contributed by atoms with Gasteiger partial charge in [-0.1, -0.05) is 11.8 Å². The normalized spacial score (nSPS) is 12.4. The Balaban J connectivity index is 2.16. The molecule has 0 radical (unpaired) electrons. The maximum atomic E-state index is 11.4. The molecule has 7 nitrogen and oxygen atoms in total. The second-order valence-electron chi connectivity index (χ2n) is 3.43. The molecule has 0 aromatic carbocycles. The molecule has 0 bridgehead atoms. The van der Waals surface area contributed by atoms with Gasteiger partial charge in [-0.2, -0.15) is 0 Å². The molecular weight excluding hydrogens is 244 g/mol. The third kappa shape index (κ3) is 5.14. The Labute approximate surface area is 104 Å². The standard InChI is InChI=1S/C9H16N4O3S/c1-7(15-3)4-5-16-8(14)6-17-9-10-11-12-13(9)2/h7H,4-6H2,1-3H3/t7-/m0/s1. The highest BCUT2D eigenvalue weighted by molar-refractivity contribution is 7.99. The van der Waals surface area contributed by atoms with Gasteiger partial charge in [0, 0.05) is 20.6 Å². The second kappa shape index (κ2) is 7.23. The molecule has 17 heavy (non-hydrogen) atoms. The molecule has 96 valence electrons. The van der Waals surface area contributed by atoms with E-state index in [2.05, 4.69) is 15.5 Å². The summed E-state index contributed by atoms with van der Waals surface area (Å²) in [6.45, 7) is 2.29. The Bertz CT molecular complexity index is 358. The molecule has 1 aromatic rings. The lowest BCUT2D eigenvalue weighted by atomic mass is 10.3. The van der Waals surface area contributed by atoms with E-state index in [0.29, 0.717) is 18.2 Å². The zero-order valence-electron chi connectivity index (χ0n) is 10.1. The molecule has 0 aliphatic rings. The Morgan fingerprint density at radius 1 is 1.59 bits per heavy atom. The van der Waals surface area contributed by atoms with Crippen LogP contribution in [0.15, 0.2) is 5.16 Å². The minimum atomic E-state index is -0.277. The number of methoxy groups -OCH3 is 1.